The molecule has 2 amide bonds. The number of carboxylic acids is 1. The molecular formula is C9H11BrN2O4S. The summed E-state index contributed by atoms with van der Waals surface area (Å²) in [6.07, 6.45) is 0. The minimum atomic E-state index is -1.14. The van der Waals surface area contributed by atoms with Crippen LogP contribution in [0.2, 0.25) is 0 Å². The van der Waals surface area contributed by atoms with Crippen LogP contribution in [-0.4, -0.2) is 35.7 Å². The van der Waals surface area contributed by atoms with Crippen molar-refractivity contribution < 1.29 is 19.5 Å². The zero-order valence-electron chi connectivity index (χ0n) is 8.97. The molecule has 0 unspecified atom stereocenters. The first-order chi connectivity index (χ1) is 7.99. The largest absolute Gasteiger partial charge is 0.479 e. The van der Waals surface area contributed by atoms with Crippen LogP contribution in [0, 0.1) is 0 Å². The summed E-state index contributed by atoms with van der Waals surface area (Å²) in [5.41, 5.74) is 3.02. The van der Waals surface area contributed by atoms with Gasteiger partial charge in [-0.3, -0.25) is 4.84 Å². The van der Waals surface area contributed by atoms with E-state index in [1.807, 2.05) is 16.9 Å². The van der Waals surface area contributed by atoms with Crippen LogP contribution in [0.4, 0.5) is 4.79 Å². The van der Waals surface area contributed by atoms with Crippen molar-refractivity contribution >= 4 is 39.3 Å². The fraction of sp³-hybridized carbons (Fsp3) is 0.333. The predicted octanol–water partition coefficient (Wildman–Crippen LogP) is 1.67. The highest BCUT2D eigenvalue weighted by Crippen LogP contribution is 2.21. The second-order valence-corrected chi connectivity index (χ2v) is 5.50. The average Bonchev–Trinajstić information content (AvgIpc) is 2.63. The number of halogens is 1. The lowest BCUT2D eigenvalue weighted by molar-refractivity contribution is -0.144. The van der Waals surface area contributed by atoms with E-state index < -0.39 is 18.6 Å². The van der Waals surface area contributed by atoms with E-state index in [-0.39, 0.29) is 0 Å². The van der Waals surface area contributed by atoms with Crippen molar-refractivity contribution in [1.29, 1.82) is 0 Å². The topological polar surface area (TPSA) is 78.9 Å². The lowest BCUT2D eigenvalue weighted by Crippen LogP contribution is -2.37. The summed E-state index contributed by atoms with van der Waals surface area (Å²) in [6.45, 7) is -0.145. The quantitative estimate of drug-likeness (QED) is 0.808. The molecule has 0 radical (unpaired) electrons. The van der Waals surface area contributed by atoms with Gasteiger partial charge >= 0.3 is 12.0 Å². The highest BCUT2D eigenvalue weighted by Gasteiger charge is 2.10. The van der Waals surface area contributed by atoms with Crippen LogP contribution < -0.4 is 5.48 Å². The predicted molar refractivity (Wildman–Crippen MR) is 65.6 cm³/mol. The fourth-order valence-corrected chi connectivity index (χ4v) is 2.21. The monoisotopic (exact) mass is 322 g/mol. The third-order valence-corrected chi connectivity index (χ3v) is 3.30. The number of nitrogens with zero attached hydrogens (tertiary/aromatic N) is 1. The Morgan fingerprint density at radius 1 is 1.65 bits per heavy atom. The number of hydrogen-bond donors (Lipinski definition) is 2. The fourth-order valence-electron chi connectivity index (χ4n) is 1.01. The number of amides is 2. The van der Waals surface area contributed by atoms with Crippen LogP contribution in [0.15, 0.2) is 15.2 Å². The summed E-state index contributed by atoms with van der Waals surface area (Å²) in [5, 5.41) is 10.2. The Balaban J connectivity index is 2.34. The summed E-state index contributed by atoms with van der Waals surface area (Å²) in [6, 6.07) is 1.42. The molecule has 1 heterocycles. The summed E-state index contributed by atoms with van der Waals surface area (Å²) in [5.74, 6) is -1.14. The first-order valence-corrected chi connectivity index (χ1v) is 6.24. The molecule has 1 aromatic heterocycles. The number of aliphatic carboxylic acids is 1. The van der Waals surface area contributed by atoms with Crippen LogP contribution in [0.25, 0.3) is 0 Å². The number of carbonyl (C=O) groups excluding carboxylic acids is 1. The number of carboxylic acid groups (broad SMARTS) is 1. The third kappa shape index (κ3) is 5.16. The van der Waals surface area contributed by atoms with E-state index in [1.54, 1.807) is 7.05 Å². The van der Waals surface area contributed by atoms with Crippen molar-refractivity contribution in [2.24, 2.45) is 0 Å². The smallest absolute Gasteiger partial charge is 0.341 e. The molecule has 0 saturated carbocycles. The lowest BCUT2D eigenvalue weighted by Gasteiger charge is -2.16. The van der Waals surface area contributed by atoms with Crippen molar-refractivity contribution in [2.75, 3.05) is 13.7 Å². The highest BCUT2D eigenvalue weighted by molar-refractivity contribution is 9.11. The van der Waals surface area contributed by atoms with Gasteiger partial charge in [-0.25, -0.2) is 15.1 Å². The Morgan fingerprint density at radius 2 is 2.35 bits per heavy atom. The second kappa shape index (κ2) is 6.58. The van der Waals surface area contributed by atoms with Crippen molar-refractivity contribution in [3.05, 3.63) is 20.8 Å². The van der Waals surface area contributed by atoms with Gasteiger partial charge in [0.25, 0.3) is 0 Å². The van der Waals surface area contributed by atoms with Gasteiger partial charge in [-0.2, -0.15) is 0 Å². The molecule has 0 aliphatic heterocycles. The first-order valence-electron chi connectivity index (χ1n) is 4.56. The van der Waals surface area contributed by atoms with E-state index >= 15 is 0 Å². The third-order valence-electron chi connectivity index (χ3n) is 1.74. The normalized spacial score (nSPS) is 10.0. The van der Waals surface area contributed by atoms with Gasteiger partial charge in [0.15, 0.2) is 6.61 Å². The molecule has 0 fully saturated rings. The van der Waals surface area contributed by atoms with Gasteiger partial charge in [0.1, 0.15) is 0 Å². The molecule has 94 valence electrons. The molecule has 0 spiro atoms. The van der Waals surface area contributed by atoms with Gasteiger partial charge < -0.3 is 10.0 Å². The van der Waals surface area contributed by atoms with E-state index in [0.29, 0.717) is 6.54 Å². The maximum absolute atomic E-state index is 11.4. The maximum Gasteiger partial charge on any atom is 0.341 e. The SMILES string of the molecule is CN(Cc1csc(Br)c1)C(=O)NOCC(=O)O. The van der Waals surface area contributed by atoms with E-state index in [1.165, 1.54) is 16.2 Å². The number of rotatable bonds is 5. The Labute approximate surface area is 110 Å². The molecule has 2 N–H and O–H groups in total. The van der Waals surface area contributed by atoms with E-state index in [4.69, 9.17) is 5.11 Å². The number of hydroxylamine groups is 1. The van der Waals surface area contributed by atoms with Crippen LogP contribution in [-0.2, 0) is 16.2 Å². The molecule has 0 bridgehead atoms. The Kier molecular flexibility index (Phi) is 5.39. The molecule has 6 nitrogen and oxygen atoms in total. The number of carbonyl (C=O) groups is 2. The standard InChI is InChI=1S/C9H11BrN2O4S/c1-12(3-6-2-7(10)17-5-6)9(15)11-16-4-8(13)14/h2,5H,3-4H2,1H3,(H,11,15)(H,13,14). The van der Waals surface area contributed by atoms with Crippen LogP contribution in [0.5, 0.6) is 0 Å². The van der Waals surface area contributed by atoms with Gasteiger partial charge in [-0.05, 0) is 32.9 Å². The molecule has 0 saturated heterocycles. The molecule has 1 rings (SSSR count). The van der Waals surface area contributed by atoms with Crippen LogP contribution in [0.1, 0.15) is 5.56 Å². The van der Waals surface area contributed by atoms with Crippen molar-refractivity contribution in [3.63, 3.8) is 0 Å². The van der Waals surface area contributed by atoms with E-state index in [9.17, 15) is 9.59 Å². The van der Waals surface area contributed by atoms with Gasteiger partial charge in [0.2, 0.25) is 0 Å². The molecule has 0 aliphatic rings. The molecule has 0 aromatic carbocycles. The van der Waals surface area contributed by atoms with Crippen molar-refractivity contribution in [3.8, 4) is 0 Å². The number of urea groups is 1. The van der Waals surface area contributed by atoms with E-state index in [2.05, 4.69) is 20.8 Å². The molecule has 1 aromatic rings. The van der Waals surface area contributed by atoms with Crippen LogP contribution >= 0.6 is 27.3 Å². The molecule has 8 heteroatoms. The van der Waals surface area contributed by atoms with Gasteiger partial charge in [0.05, 0.1) is 3.79 Å². The molecule has 0 aliphatic carbocycles. The zero-order valence-corrected chi connectivity index (χ0v) is 11.4. The Bertz CT molecular complexity index is 409. The minimum absolute atomic E-state index is 0.421. The summed E-state index contributed by atoms with van der Waals surface area (Å²) in [4.78, 5) is 27.4. The number of thiophene rings is 1. The summed E-state index contributed by atoms with van der Waals surface area (Å²) in [7, 11) is 1.59. The van der Waals surface area contributed by atoms with E-state index in [0.717, 1.165) is 9.35 Å². The average molecular weight is 323 g/mol. The highest BCUT2D eigenvalue weighted by atomic mass is 79.9. The summed E-state index contributed by atoms with van der Waals surface area (Å²) < 4.78 is 0.989. The molecule has 0 atom stereocenters. The number of nitrogens with one attached hydrogen (secondary N) is 1. The molecule has 17 heavy (non-hydrogen) atoms. The zero-order chi connectivity index (χ0) is 12.8. The summed E-state index contributed by atoms with van der Waals surface area (Å²) >= 11 is 4.86. The van der Waals surface area contributed by atoms with Gasteiger partial charge in [0, 0.05) is 13.6 Å². The Morgan fingerprint density at radius 3 is 2.88 bits per heavy atom. The van der Waals surface area contributed by atoms with Crippen molar-refractivity contribution in [1.82, 2.24) is 10.4 Å². The van der Waals surface area contributed by atoms with Gasteiger partial charge in [-0.15, -0.1) is 11.3 Å². The molecular weight excluding hydrogens is 312 g/mol. The van der Waals surface area contributed by atoms with Gasteiger partial charge in [-0.1, -0.05) is 0 Å². The maximum atomic E-state index is 11.4. The van der Waals surface area contributed by atoms with Crippen LogP contribution in [0.3, 0.4) is 0 Å². The first kappa shape index (κ1) is 13.9. The minimum Gasteiger partial charge on any atom is -0.479 e. The van der Waals surface area contributed by atoms with Crippen molar-refractivity contribution in [2.45, 2.75) is 6.54 Å². The second-order valence-electron chi connectivity index (χ2n) is 3.20. The lowest BCUT2D eigenvalue weighted by atomic mass is 10.3. The number of hydrogen-bond acceptors (Lipinski definition) is 4. The Hall–Kier alpha value is -1.12.